The van der Waals surface area contributed by atoms with E-state index in [1.165, 1.54) is 0 Å². The fourth-order valence-corrected chi connectivity index (χ4v) is 1.90. The Morgan fingerprint density at radius 2 is 2.10 bits per heavy atom. The predicted molar refractivity (Wildman–Crippen MR) is 39.1 cm³/mol. The van der Waals surface area contributed by atoms with Gasteiger partial charge < -0.3 is 0 Å². The maximum absolute atomic E-state index is 10.8. The van der Waals surface area contributed by atoms with Crippen LogP contribution >= 0.6 is 18.2 Å². The highest BCUT2D eigenvalue weighted by molar-refractivity contribution is 7.81. The summed E-state index contributed by atoms with van der Waals surface area (Å²) in [5, 5.41) is 0. The molecule has 0 atom stereocenters. The lowest BCUT2D eigenvalue weighted by molar-refractivity contribution is 0.101. The highest BCUT2D eigenvalue weighted by Crippen LogP contribution is 2.56. The zero-order valence-electron chi connectivity index (χ0n) is 5.75. The maximum Gasteiger partial charge on any atom is 0.424 e. The first kappa shape index (κ1) is 8.54. The monoisotopic (exact) mass is 184 g/mol. The molecule has 1 rings (SSSR count). The normalized spacial score (nSPS) is 41.6. The number of halogens is 1. The summed E-state index contributed by atoms with van der Waals surface area (Å²) in [5.74, 6) is 0.348. The van der Waals surface area contributed by atoms with Gasteiger partial charge in [0, 0.05) is 17.2 Å². The Labute approximate surface area is 65.0 Å². The molecule has 0 radical (unpaired) electrons. The van der Waals surface area contributed by atoms with E-state index in [-0.39, 0.29) is 0 Å². The number of rotatable bonds is 1. The van der Waals surface area contributed by atoms with Crippen LogP contribution in [0.1, 0.15) is 13.3 Å². The van der Waals surface area contributed by atoms with Crippen LogP contribution in [0.15, 0.2) is 0 Å². The molecule has 1 saturated heterocycles. The van der Waals surface area contributed by atoms with Crippen LogP contribution in [0.4, 0.5) is 0 Å². The van der Waals surface area contributed by atoms with E-state index in [2.05, 4.69) is 0 Å². The Hall–Kier alpha value is 0.440. The molecule has 60 valence electrons. The molecular formula is C5H10ClO3P. The second kappa shape index (κ2) is 3.22. The van der Waals surface area contributed by atoms with Gasteiger partial charge >= 0.3 is 6.95 Å². The summed E-state index contributed by atoms with van der Waals surface area (Å²) in [4.78, 5) is 0. The first-order valence-electron chi connectivity index (χ1n) is 3.23. The van der Waals surface area contributed by atoms with Gasteiger partial charge in [-0.1, -0.05) is 6.92 Å². The summed E-state index contributed by atoms with van der Waals surface area (Å²) < 4.78 is 20.4. The lowest BCUT2D eigenvalue weighted by Gasteiger charge is -2.23. The minimum absolute atomic E-state index is 0.348. The minimum atomic E-state index is -3.16. The van der Waals surface area contributed by atoms with Crippen molar-refractivity contribution in [2.45, 2.75) is 13.3 Å². The van der Waals surface area contributed by atoms with Crippen molar-refractivity contribution in [1.29, 1.82) is 0 Å². The van der Waals surface area contributed by atoms with E-state index in [0.29, 0.717) is 19.1 Å². The molecule has 0 N–H and O–H groups in total. The van der Waals surface area contributed by atoms with Crippen molar-refractivity contribution in [1.82, 2.24) is 0 Å². The van der Waals surface area contributed by atoms with Gasteiger partial charge in [-0.25, -0.2) is 4.57 Å². The first-order chi connectivity index (χ1) is 4.64. The van der Waals surface area contributed by atoms with Crippen molar-refractivity contribution in [3.8, 4) is 0 Å². The van der Waals surface area contributed by atoms with E-state index < -0.39 is 6.95 Å². The van der Waals surface area contributed by atoms with Gasteiger partial charge in [0.15, 0.2) is 0 Å². The van der Waals surface area contributed by atoms with Gasteiger partial charge in [-0.2, -0.15) is 0 Å². The van der Waals surface area contributed by atoms with Crippen molar-refractivity contribution in [3.05, 3.63) is 0 Å². The third-order valence-corrected chi connectivity index (χ3v) is 3.01. The van der Waals surface area contributed by atoms with Crippen molar-refractivity contribution < 1.29 is 13.6 Å². The molecule has 0 aromatic rings. The molecule has 1 heterocycles. The molecule has 5 heteroatoms. The molecule has 3 nitrogen and oxygen atoms in total. The first-order valence-corrected chi connectivity index (χ1v) is 5.67. The van der Waals surface area contributed by atoms with Crippen molar-refractivity contribution >= 4 is 18.2 Å². The smallest absolute Gasteiger partial charge is 0.297 e. The molecule has 0 saturated carbocycles. The van der Waals surface area contributed by atoms with Gasteiger partial charge in [-0.05, 0) is 6.42 Å². The average Bonchev–Trinajstić information content (AvgIpc) is 1.88. The molecule has 0 spiro atoms. The fraction of sp³-hybridized carbons (Fsp3) is 1.00. The third-order valence-electron chi connectivity index (χ3n) is 1.51. The van der Waals surface area contributed by atoms with Crippen LogP contribution in [0.2, 0.25) is 0 Å². The van der Waals surface area contributed by atoms with Crippen molar-refractivity contribution in [2.24, 2.45) is 5.92 Å². The van der Waals surface area contributed by atoms with E-state index in [1.807, 2.05) is 6.92 Å². The SMILES string of the molecule is CCC1COP(=O)(Cl)OC1. The second-order valence-corrected chi connectivity index (χ2v) is 4.92. The molecular weight excluding hydrogens is 174 g/mol. The Balaban J connectivity index is 2.38. The summed E-state index contributed by atoms with van der Waals surface area (Å²) in [6, 6.07) is 0. The summed E-state index contributed by atoms with van der Waals surface area (Å²) >= 11 is 5.31. The lowest BCUT2D eigenvalue weighted by Crippen LogP contribution is -2.18. The van der Waals surface area contributed by atoms with Crippen LogP contribution < -0.4 is 0 Å². The molecule has 0 aromatic carbocycles. The van der Waals surface area contributed by atoms with Gasteiger partial charge in [-0.15, -0.1) is 0 Å². The van der Waals surface area contributed by atoms with Crippen molar-refractivity contribution in [2.75, 3.05) is 13.2 Å². The second-order valence-electron chi connectivity index (χ2n) is 2.30. The van der Waals surface area contributed by atoms with E-state index in [1.54, 1.807) is 0 Å². The summed E-state index contributed by atoms with van der Waals surface area (Å²) in [6.07, 6.45) is 0.969. The standard InChI is InChI=1S/C5H10ClO3P/c1-2-5-3-8-10(6,7)9-4-5/h5H,2-4H2,1H3. The van der Waals surface area contributed by atoms with Crippen LogP contribution in [0.3, 0.4) is 0 Å². The van der Waals surface area contributed by atoms with Gasteiger partial charge in [-0.3, -0.25) is 9.05 Å². The molecule has 0 unspecified atom stereocenters. The molecule has 0 aromatic heterocycles. The van der Waals surface area contributed by atoms with Crippen LogP contribution in [-0.4, -0.2) is 13.2 Å². The summed E-state index contributed by atoms with van der Waals surface area (Å²) in [7, 11) is 0. The van der Waals surface area contributed by atoms with Gasteiger partial charge in [0.2, 0.25) is 0 Å². The fourth-order valence-electron chi connectivity index (χ4n) is 0.710. The quantitative estimate of drug-likeness (QED) is 0.587. The van der Waals surface area contributed by atoms with Gasteiger partial charge in [0.05, 0.1) is 13.2 Å². The molecule has 1 aliphatic heterocycles. The van der Waals surface area contributed by atoms with Gasteiger partial charge in [0.1, 0.15) is 0 Å². The minimum Gasteiger partial charge on any atom is -0.297 e. The summed E-state index contributed by atoms with van der Waals surface area (Å²) in [5.41, 5.74) is 0. The Bertz CT molecular complexity index is 149. The Kier molecular flexibility index (Phi) is 2.75. The molecule has 1 fully saturated rings. The van der Waals surface area contributed by atoms with E-state index in [9.17, 15) is 4.57 Å². The van der Waals surface area contributed by atoms with Crippen molar-refractivity contribution in [3.63, 3.8) is 0 Å². The highest BCUT2D eigenvalue weighted by atomic mass is 35.7. The Morgan fingerprint density at radius 3 is 2.50 bits per heavy atom. The van der Waals surface area contributed by atoms with E-state index >= 15 is 0 Å². The van der Waals surface area contributed by atoms with Crippen LogP contribution in [0.5, 0.6) is 0 Å². The van der Waals surface area contributed by atoms with E-state index in [4.69, 9.17) is 20.3 Å². The zero-order chi connectivity index (χ0) is 7.61. The number of hydrogen-bond donors (Lipinski definition) is 0. The zero-order valence-corrected chi connectivity index (χ0v) is 7.40. The van der Waals surface area contributed by atoms with Crippen LogP contribution in [0, 0.1) is 5.92 Å². The molecule has 1 aliphatic rings. The molecule has 0 amide bonds. The van der Waals surface area contributed by atoms with Crippen LogP contribution in [-0.2, 0) is 13.6 Å². The maximum atomic E-state index is 10.8. The van der Waals surface area contributed by atoms with Gasteiger partial charge in [0.25, 0.3) is 0 Å². The predicted octanol–water partition coefficient (Wildman–Crippen LogP) is 2.41. The largest absolute Gasteiger partial charge is 0.424 e. The van der Waals surface area contributed by atoms with E-state index in [0.717, 1.165) is 6.42 Å². The highest BCUT2D eigenvalue weighted by Gasteiger charge is 2.28. The average molecular weight is 185 g/mol. The topological polar surface area (TPSA) is 35.5 Å². The lowest BCUT2D eigenvalue weighted by atomic mass is 10.1. The van der Waals surface area contributed by atoms with Crippen LogP contribution in [0.25, 0.3) is 0 Å². The Morgan fingerprint density at radius 1 is 1.60 bits per heavy atom. The molecule has 10 heavy (non-hydrogen) atoms. The summed E-state index contributed by atoms with van der Waals surface area (Å²) in [6.45, 7) is -0.224. The number of hydrogen-bond acceptors (Lipinski definition) is 3. The third kappa shape index (κ3) is 2.24. The molecule has 0 aliphatic carbocycles. The molecule has 0 bridgehead atoms.